The van der Waals surface area contributed by atoms with Gasteiger partial charge in [-0.05, 0) is 37.1 Å². The Hall–Kier alpha value is -1.14. The molecule has 0 aliphatic carbocycles. The first-order chi connectivity index (χ1) is 10.1. The first-order valence-corrected chi connectivity index (χ1v) is 7.92. The van der Waals surface area contributed by atoms with Gasteiger partial charge in [0.2, 0.25) is 0 Å². The molecule has 0 unspecified atom stereocenters. The van der Waals surface area contributed by atoms with Crippen molar-refractivity contribution in [3.8, 4) is 0 Å². The Bertz CT molecular complexity index is 413. The molecular weight excluding hydrogens is 296 g/mol. The summed E-state index contributed by atoms with van der Waals surface area (Å²) in [7, 11) is 0. The van der Waals surface area contributed by atoms with Gasteiger partial charge in [-0.3, -0.25) is 4.79 Å². The van der Waals surface area contributed by atoms with Crippen LogP contribution in [0, 0.1) is 0 Å². The summed E-state index contributed by atoms with van der Waals surface area (Å²) in [5.74, 6) is -2.64. The fraction of sp³-hybridized carbons (Fsp3) is 0.533. The number of carbonyl (C=O) groups excluding carboxylic acids is 1. The monoisotopic (exact) mass is 317 g/mol. The number of halogens is 2. The van der Waals surface area contributed by atoms with Gasteiger partial charge in [0.15, 0.2) is 0 Å². The van der Waals surface area contributed by atoms with E-state index < -0.39 is 5.76 Å². The van der Waals surface area contributed by atoms with Crippen LogP contribution in [0.5, 0.6) is 0 Å². The van der Waals surface area contributed by atoms with Gasteiger partial charge < -0.3 is 10.1 Å². The molecule has 21 heavy (non-hydrogen) atoms. The Balaban J connectivity index is 2.22. The van der Waals surface area contributed by atoms with E-state index in [0.29, 0.717) is 35.4 Å². The molecule has 0 atom stereocenters. The third-order valence-corrected chi connectivity index (χ3v) is 3.46. The summed E-state index contributed by atoms with van der Waals surface area (Å²) in [6.45, 7) is 4.03. The minimum atomic E-state index is -2.45. The maximum Gasteiger partial charge on any atom is 0.288 e. The number of amides is 1. The van der Waals surface area contributed by atoms with Crippen LogP contribution in [-0.4, -0.2) is 31.4 Å². The lowest BCUT2D eigenvalue weighted by atomic mass is 10.2. The SMILES string of the molecule is CCCCOCCCNC(=O)c1ccc(SC(F)F)cc1. The lowest BCUT2D eigenvalue weighted by molar-refractivity contribution is 0.0940. The minimum Gasteiger partial charge on any atom is -0.381 e. The van der Waals surface area contributed by atoms with Crippen LogP contribution in [0.25, 0.3) is 0 Å². The first-order valence-electron chi connectivity index (χ1n) is 7.04. The number of hydrogen-bond donors (Lipinski definition) is 1. The van der Waals surface area contributed by atoms with Crippen LogP contribution in [-0.2, 0) is 4.74 Å². The van der Waals surface area contributed by atoms with Crippen molar-refractivity contribution in [1.29, 1.82) is 0 Å². The molecule has 1 amide bonds. The van der Waals surface area contributed by atoms with E-state index in [1.807, 2.05) is 0 Å². The molecular formula is C15H21F2NO2S. The van der Waals surface area contributed by atoms with Gasteiger partial charge in [-0.15, -0.1) is 0 Å². The second kappa shape index (κ2) is 10.6. The van der Waals surface area contributed by atoms with Crippen LogP contribution in [0.2, 0.25) is 0 Å². The molecule has 0 aromatic heterocycles. The maximum absolute atomic E-state index is 12.2. The summed E-state index contributed by atoms with van der Waals surface area (Å²) >= 11 is 0.468. The lowest BCUT2D eigenvalue weighted by Gasteiger charge is -2.07. The molecule has 3 nitrogen and oxygen atoms in total. The molecule has 0 heterocycles. The topological polar surface area (TPSA) is 38.3 Å². The number of benzene rings is 1. The molecule has 6 heteroatoms. The van der Waals surface area contributed by atoms with Gasteiger partial charge in [0.25, 0.3) is 11.7 Å². The molecule has 0 aliphatic rings. The summed E-state index contributed by atoms with van der Waals surface area (Å²) in [5, 5.41) is 2.78. The van der Waals surface area contributed by atoms with Crippen molar-refractivity contribution in [2.45, 2.75) is 36.8 Å². The van der Waals surface area contributed by atoms with Crippen LogP contribution < -0.4 is 5.32 Å². The van der Waals surface area contributed by atoms with Crippen molar-refractivity contribution in [2.75, 3.05) is 19.8 Å². The summed E-state index contributed by atoms with van der Waals surface area (Å²) in [6, 6.07) is 6.16. The minimum absolute atomic E-state index is 0.197. The third kappa shape index (κ3) is 8.02. The van der Waals surface area contributed by atoms with Crippen LogP contribution in [0.1, 0.15) is 36.5 Å². The summed E-state index contributed by atoms with van der Waals surface area (Å²) in [5.41, 5.74) is 0.473. The van der Waals surface area contributed by atoms with Crippen LogP contribution in [0.3, 0.4) is 0 Å². The summed E-state index contributed by atoms with van der Waals surface area (Å²) in [6.07, 6.45) is 2.92. The molecule has 0 aliphatic heterocycles. The molecule has 0 saturated heterocycles. The van der Waals surface area contributed by atoms with E-state index in [0.717, 1.165) is 25.9 Å². The molecule has 0 saturated carbocycles. The van der Waals surface area contributed by atoms with Crippen molar-refractivity contribution in [3.05, 3.63) is 29.8 Å². The number of hydrogen-bond acceptors (Lipinski definition) is 3. The average molecular weight is 317 g/mol. The Kier molecular flexibility index (Phi) is 9.01. The normalized spacial score (nSPS) is 10.9. The van der Waals surface area contributed by atoms with Crippen molar-refractivity contribution >= 4 is 17.7 Å². The second-order valence-electron chi connectivity index (χ2n) is 4.48. The highest BCUT2D eigenvalue weighted by Crippen LogP contribution is 2.25. The van der Waals surface area contributed by atoms with Gasteiger partial charge in [-0.25, -0.2) is 0 Å². The second-order valence-corrected chi connectivity index (χ2v) is 5.54. The quantitative estimate of drug-likeness (QED) is 0.525. The van der Waals surface area contributed by atoms with Crippen molar-refractivity contribution < 1.29 is 18.3 Å². The zero-order valence-electron chi connectivity index (χ0n) is 12.1. The zero-order chi connectivity index (χ0) is 15.5. The smallest absolute Gasteiger partial charge is 0.288 e. The van der Waals surface area contributed by atoms with Crippen molar-refractivity contribution in [3.63, 3.8) is 0 Å². The number of unbranched alkanes of at least 4 members (excludes halogenated alkanes) is 1. The van der Waals surface area contributed by atoms with E-state index in [-0.39, 0.29) is 5.91 Å². The molecule has 1 N–H and O–H groups in total. The number of thioether (sulfide) groups is 1. The van der Waals surface area contributed by atoms with Crippen LogP contribution >= 0.6 is 11.8 Å². The number of nitrogens with one attached hydrogen (secondary N) is 1. The zero-order valence-corrected chi connectivity index (χ0v) is 12.9. The average Bonchev–Trinajstić information content (AvgIpc) is 2.46. The molecule has 0 spiro atoms. The summed E-state index contributed by atoms with van der Waals surface area (Å²) in [4.78, 5) is 12.3. The molecule has 0 bridgehead atoms. The molecule has 118 valence electrons. The van der Waals surface area contributed by atoms with Gasteiger partial charge in [-0.2, -0.15) is 8.78 Å². The van der Waals surface area contributed by atoms with E-state index in [2.05, 4.69) is 12.2 Å². The Morgan fingerprint density at radius 3 is 2.52 bits per heavy atom. The number of rotatable bonds is 10. The van der Waals surface area contributed by atoms with Crippen LogP contribution in [0.4, 0.5) is 8.78 Å². The van der Waals surface area contributed by atoms with E-state index in [1.165, 1.54) is 12.1 Å². The number of ether oxygens (including phenoxy) is 1. The fourth-order valence-electron chi connectivity index (χ4n) is 1.61. The predicted octanol–water partition coefficient (Wildman–Crippen LogP) is 3.94. The molecule has 1 rings (SSSR count). The Morgan fingerprint density at radius 1 is 1.24 bits per heavy atom. The highest BCUT2D eigenvalue weighted by molar-refractivity contribution is 7.99. The predicted molar refractivity (Wildman–Crippen MR) is 81.0 cm³/mol. The third-order valence-electron chi connectivity index (χ3n) is 2.73. The van der Waals surface area contributed by atoms with Gasteiger partial charge in [0.1, 0.15) is 0 Å². The number of carbonyl (C=O) groups is 1. The Morgan fingerprint density at radius 2 is 1.90 bits per heavy atom. The largest absolute Gasteiger partial charge is 0.381 e. The molecule has 1 aromatic rings. The highest BCUT2D eigenvalue weighted by atomic mass is 32.2. The van der Waals surface area contributed by atoms with Gasteiger partial charge >= 0.3 is 0 Å². The van der Waals surface area contributed by atoms with Crippen molar-refractivity contribution in [2.24, 2.45) is 0 Å². The van der Waals surface area contributed by atoms with E-state index in [9.17, 15) is 13.6 Å². The van der Waals surface area contributed by atoms with E-state index >= 15 is 0 Å². The van der Waals surface area contributed by atoms with E-state index in [4.69, 9.17) is 4.74 Å². The van der Waals surface area contributed by atoms with Gasteiger partial charge in [0.05, 0.1) is 0 Å². The maximum atomic E-state index is 12.2. The molecule has 0 radical (unpaired) electrons. The number of alkyl halides is 2. The molecule has 0 fully saturated rings. The van der Waals surface area contributed by atoms with E-state index in [1.54, 1.807) is 12.1 Å². The Labute approximate surface area is 128 Å². The van der Waals surface area contributed by atoms with Gasteiger partial charge in [-0.1, -0.05) is 25.1 Å². The lowest BCUT2D eigenvalue weighted by Crippen LogP contribution is -2.25. The fourth-order valence-corrected chi connectivity index (χ4v) is 2.11. The highest BCUT2D eigenvalue weighted by Gasteiger charge is 2.07. The first kappa shape index (κ1) is 17.9. The van der Waals surface area contributed by atoms with Crippen LogP contribution in [0.15, 0.2) is 29.2 Å². The summed E-state index contributed by atoms with van der Waals surface area (Å²) < 4.78 is 29.7. The van der Waals surface area contributed by atoms with Gasteiger partial charge in [0, 0.05) is 30.2 Å². The van der Waals surface area contributed by atoms with Crippen molar-refractivity contribution in [1.82, 2.24) is 5.32 Å². The standard InChI is InChI=1S/C15H21F2NO2S/c1-2-3-10-20-11-4-9-18-14(19)12-5-7-13(8-6-12)21-15(16)17/h5-8,15H,2-4,9-11H2,1H3,(H,18,19). The molecule has 1 aromatic carbocycles.